The Morgan fingerprint density at radius 2 is 1.84 bits per heavy atom. The number of rotatable bonds is 3. The molecule has 1 aliphatic heterocycles. The Labute approximate surface area is 102 Å². The van der Waals surface area contributed by atoms with Crippen LogP contribution in [0.4, 0.5) is 26.3 Å². The monoisotopic (exact) mass is 297 g/mol. The maximum atomic E-state index is 12.8. The van der Waals surface area contributed by atoms with Gasteiger partial charge in [-0.15, -0.1) is 0 Å². The molecule has 112 valence electrons. The van der Waals surface area contributed by atoms with Crippen molar-refractivity contribution in [3.8, 4) is 0 Å². The van der Waals surface area contributed by atoms with E-state index in [4.69, 9.17) is 5.11 Å². The smallest absolute Gasteiger partial charge is 0.420 e. The molecule has 1 aliphatic rings. The van der Waals surface area contributed by atoms with Crippen molar-refractivity contribution in [2.24, 2.45) is 0 Å². The van der Waals surface area contributed by atoms with Crippen LogP contribution in [0, 0.1) is 0 Å². The molecule has 1 atom stereocenters. The van der Waals surface area contributed by atoms with Crippen LogP contribution in [-0.2, 0) is 14.5 Å². The van der Waals surface area contributed by atoms with Crippen LogP contribution in [0.1, 0.15) is 13.3 Å². The van der Waals surface area contributed by atoms with Crippen molar-refractivity contribution in [3.63, 3.8) is 0 Å². The van der Waals surface area contributed by atoms with Crippen molar-refractivity contribution in [1.82, 2.24) is 5.23 Å². The highest BCUT2D eigenvalue weighted by Crippen LogP contribution is 2.53. The highest BCUT2D eigenvalue weighted by atomic mass is 19.4. The number of nitrogens with zero attached hydrogens (tertiary/aromatic N) is 1. The molecule has 0 aliphatic carbocycles. The van der Waals surface area contributed by atoms with E-state index in [0.717, 1.165) is 6.92 Å². The summed E-state index contributed by atoms with van der Waals surface area (Å²) >= 11 is 0. The van der Waals surface area contributed by atoms with Gasteiger partial charge in [0.25, 0.3) is 5.54 Å². The first-order valence-electron chi connectivity index (χ1n) is 4.93. The predicted molar refractivity (Wildman–Crippen MR) is 45.4 cm³/mol. The third kappa shape index (κ3) is 2.49. The van der Waals surface area contributed by atoms with Gasteiger partial charge in [-0.2, -0.15) is 26.3 Å². The maximum Gasteiger partial charge on any atom is 0.420 e. The van der Waals surface area contributed by atoms with E-state index in [1.807, 2.05) is 0 Å². The molecule has 1 N–H and O–H groups in total. The third-order valence-corrected chi connectivity index (χ3v) is 2.48. The second-order valence-corrected chi connectivity index (χ2v) is 3.67. The lowest BCUT2D eigenvalue weighted by Crippen LogP contribution is -2.64. The Hall–Kier alpha value is -1.07. The van der Waals surface area contributed by atoms with Gasteiger partial charge in [0.2, 0.25) is 0 Å². The van der Waals surface area contributed by atoms with E-state index in [1.165, 1.54) is 0 Å². The summed E-state index contributed by atoms with van der Waals surface area (Å²) in [6.45, 7) is 0.579. The second kappa shape index (κ2) is 4.80. The summed E-state index contributed by atoms with van der Waals surface area (Å²) in [7, 11) is 0. The van der Waals surface area contributed by atoms with Gasteiger partial charge >= 0.3 is 18.3 Å². The average Bonchev–Trinajstić information content (AvgIpc) is 2.57. The van der Waals surface area contributed by atoms with Crippen molar-refractivity contribution in [3.05, 3.63) is 0 Å². The van der Waals surface area contributed by atoms with Gasteiger partial charge in [0.15, 0.2) is 6.10 Å². The van der Waals surface area contributed by atoms with E-state index in [9.17, 15) is 31.1 Å². The van der Waals surface area contributed by atoms with Gasteiger partial charge in [-0.25, -0.2) is 4.79 Å². The minimum absolute atomic E-state index is 0.555. The Morgan fingerprint density at radius 1 is 1.37 bits per heavy atom. The predicted octanol–water partition coefficient (Wildman–Crippen LogP) is 1.89. The van der Waals surface area contributed by atoms with Gasteiger partial charge in [0.05, 0.1) is 6.61 Å². The highest BCUT2D eigenvalue weighted by Gasteiger charge is 2.79. The Bertz CT molecular complexity index is 340. The van der Waals surface area contributed by atoms with Gasteiger partial charge in [-0.05, 0) is 12.2 Å². The molecule has 0 amide bonds. The molecule has 0 aromatic rings. The normalized spacial score (nSPS) is 24.7. The fourth-order valence-electron chi connectivity index (χ4n) is 1.58. The number of alkyl halides is 6. The molecule has 0 bridgehead atoms. The molecule has 11 heteroatoms. The van der Waals surface area contributed by atoms with Crippen LogP contribution < -0.4 is 0 Å². The zero-order chi connectivity index (χ0) is 15.1. The zero-order valence-electron chi connectivity index (χ0n) is 9.38. The SMILES string of the molecule is CCON1OC(C(=O)O)CC1(C(F)(F)F)C(F)(F)F. The first-order valence-corrected chi connectivity index (χ1v) is 4.93. The maximum absolute atomic E-state index is 12.8. The summed E-state index contributed by atoms with van der Waals surface area (Å²) in [5.41, 5.74) is -4.50. The summed E-state index contributed by atoms with van der Waals surface area (Å²) in [5.74, 6) is -1.94. The number of carboxylic acid groups (broad SMARTS) is 1. The number of hydrogen-bond donors (Lipinski definition) is 1. The molecule has 5 nitrogen and oxygen atoms in total. The van der Waals surface area contributed by atoms with E-state index in [2.05, 4.69) is 9.68 Å². The van der Waals surface area contributed by atoms with Gasteiger partial charge in [-0.1, -0.05) is 0 Å². The lowest BCUT2D eigenvalue weighted by molar-refractivity contribution is -0.467. The minimum Gasteiger partial charge on any atom is -0.479 e. The number of hydroxylamine groups is 2. The standard InChI is InChI=1S/C8H9F6NO4/c1-2-18-15-6(7(9,10)11,8(12,13)14)3-4(19-15)5(16)17/h4H,2-3H2,1H3,(H,16,17). The van der Waals surface area contributed by atoms with E-state index >= 15 is 0 Å². The number of halogens is 6. The fraction of sp³-hybridized carbons (Fsp3) is 0.875. The van der Waals surface area contributed by atoms with Gasteiger partial charge in [0, 0.05) is 6.42 Å². The molecule has 19 heavy (non-hydrogen) atoms. The van der Waals surface area contributed by atoms with Gasteiger partial charge in [0.1, 0.15) is 0 Å². The largest absolute Gasteiger partial charge is 0.479 e. The van der Waals surface area contributed by atoms with Crippen LogP contribution >= 0.6 is 0 Å². The van der Waals surface area contributed by atoms with Crippen molar-refractivity contribution < 1.29 is 45.9 Å². The summed E-state index contributed by atoms with van der Waals surface area (Å²) in [6.07, 6.45) is -15.8. The molecule has 1 saturated heterocycles. The molecule has 1 fully saturated rings. The molecule has 0 spiro atoms. The topological polar surface area (TPSA) is 59.0 Å². The Morgan fingerprint density at radius 3 is 2.16 bits per heavy atom. The van der Waals surface area contributed by atoms with Gasteiger partial charge in [-0.3, -0.25) is 9.68 Å². The molecular formula is C8H9F6NO4. The van der Waals surface area contributed by atoms with Crippen LogP contribution in [0.2, 0.25) is 0 Å². The van der Waals surface area contributed by atoms with Crippen molar-refractivity contribution in [1.29, 1.82) is 0 Å². The van der Waals surface area contributed by atoms with Crippen LogP contribution in [0.5, 0.6) is 0 Å². The molecule has 1 heterocycles. The number of carbonyl (C=O) groups is 1. The third-order valence-electron chi connectivity index (χ3n) is 2.48. The quantitative estimate of drug-likeness (QED) is 0.806. The molecule has 1 rings (SSSR count). The second-order valence-electron chi connectivity index (χ2n) is 3.67. The molecule has 0 aromatic carbocycles. The molecule has 1 unspecified atom stereocenters. The Balaban J connectivity index is 3.30. The van der Waals surface area contributed by atoms with Crippen LogP contribution in [0.3, 0.4) is 0 Å². The summed E-state index contributed by atoms with van der Waals surface area (Å²) in [6, 6.07) is 0. The van der Waals surface area contributed by atoms with E-state index in [-0.39, 0.29) is 0 Å². The number of aliphatic carboxylic acids is 1. The van der Waals surface area contributed by atoms with Crippen LogP contribution in [-0.4, -0.2) is 46.9 Å². The highest BCUT2D eigenvalue weighted by molar-refractivity contribution is 5.72. The lowest BCUT2D eigenvalue weighted by Gasteiger charge is -2.37. The first kappa shape index (κ1) is 16.0. The molecule has 0 aromatic heterocycles. The minimum atomic E-state index is -5.81. The number of carboxylic acids is 1. The zero-order valence-corrected chi connectivity index (χ0v) is 9.38. The van der Waals surface area contributed by atoms with Crippen LogP contribution in [0.15, 0.2) is 0 Å². The molecule has 0 radical (unpaired) electrons. The van der Waals surface area contributed by atoms with Crippen molar-refractivity contribution >= 4 is 5.97 Å². The molecule has 0 saturated carbocycles. The average molecular weight is 297 g/mol. The van der Waals surface area contributed by atoms with Gasteiger partial charge < -0.3 is 5.11 Å². The van der Waals surface area contributed by atoms with Crippen molar-refractivity contribution in [2.75, 3.05) is 6.61 Å². The van der Waals surface area contributed by atoms with E-state index in [0.29, 0.717) is 0 Å². The van der Waals surface area contributed by atoms with Crippen molar-refractivity contribution in [2.45, 2.75) is 37.3 Å². The molecular weight excluding hydrogens is 288 g/mol. The number of hydrogen-bond acceptors (Lipinski definition) is 4. The summed E-state index contributed by atoms with van der Waals surface area (Å²) in [5, 5.41) is 7.72. The first-order chi connectivity index (χ1) is 8.47. The summed E-state index contributed by atoms with van der Waals surface area (Å²) in [4.78, 5) is 18.8. The fourth-order valence-corrected chi connectivity index (χ4v) is 1.58. The Kier molecular flexibility index (Phi) is 4.04. The van der Waals surface area contributed by atoms with E-state index in [1.54, 1.807) is 0 Å². The lowest BCUT2D eigenvalue weighted by atomic mass is 9.92. The summed E-state index contributed by atoms with van der Waals surface area (Å²) < 4.78 is 76.8. The van der Waals surface area contributed by atoms with Crippen LogP contribution in [0.25, 0.3) is 0 Å². The van der Waals surface area contributed by atoms with E-state index < -0.39 is 48.2 Å².